The number of pyridine rings is 2. The molecule has 0 N–H and O–H groups in total. The van der Waals surface area contributed by atoms with Crippen molar-refractivity contribution in [2.24, 2.45) is 0 Å². The Hall–Kier alpha value is -4.56. The predicted molar refractivity (Wildman–Crippen MR) is 143 cm³/mol. The Morgan fingerprint density at radius 2 is 1.03 bits per heavy atom. The number of nitrogens with zero attached hydrogens (tertiary/aromatic N) is 1. The second-order valence-electron chi connectivity index (χ2n) is 9.36. The van der Waals surface area contributed by atoms with Crippen LogP contribution in [-0.2, 0) is 0 Å². The third-order valence-electron chi connectivity index (χ3n) is 7.65. The SMILES string of the molecule is c1ccc(-c2cc3c4cccc5ccc6oc7ccc8cccc9c(c2)c3n(c6c54)c7c89)cc1. The van der Waals surface area contributed by atoms with Crippen LogP contribution in [0.5, 0.6) is 0 Å². The Balaban J connectivity index is 1.72. The Kier molecular flexibility index (Phi) is 2.83. The fourth-order valence-electron chi connectivity index (χ4n) is 6.28. The monoisotopic (exact) mass is 431 g/mol. The van der Waals surface area contributed by atoms with Gasteiger partial charge in [-0.25, -0.2) is 0 Å². The van der Waals surface area contributed by atoms with Gasteiger partial charge in [-0.3, -0.25) is 0 Å². The highest BCUT2D eigenvalue weighted by Crippen LogP contribution is 2.46. The molecular weight excluding hydrogens is 414 g/mol. The molecule has 2 nitrogen and oxygen atoms in total. The summed E-state index contributed by atoms with van der Waals surface area (Å²) in [5, 5.41) is 10.1. The van der Waals surface area contributed by atoms with Gasteiger partial charge in [0.15, 0.2) is 11.2 Å². The van der Waals surface area contributed by atoms with E-state index in [4.69, 9.17) is 4.42 Å². The van der Waals surface area contributed by atoms with Gasteiger partial charge in [-0.05, 0) is 56.9 Å². The highest BCUT2D eigenvalue weighted by atomic mass is 16.3. The molecule has 6 aromatic carbocycles. The first-order valence-electron chi connectivity index (χ1n) is 11.7. The summed E-state index contributed by atoms with van der Waals surface area (Å²) in [7, 11) is 0. The first-order chi connectivity index (χ1) is 16.9. The van der Waals surface area contributed by atoms with Gasteiger partial charge in [0.25, 0.3) is 0 Å². The largest absolute Gasteiger partial charge is 0.453 e. The molecule has 0 saturated heterocycles. The lowest BCUT2D eigenvalue weighted by atomic mass is 9.91. The number of hydrogen-bond donors (Lipinski definition) is 0. The molecule has 3 heterocycles. The van der Waals surface area contributed by atoms with E-state index in [2.05, 4.69) is 108 Å². The van der Waals surface area contributed by atoms with E-state index in [9.17, 15) is 0 Å². The summed E-state index contributed by atoms with van der Waals surface area (Å²) in [6.07, 6.45) is 0. The van der Waals surface area contributed by atoms with Gasteiger partial charge in [0.05, 0.1) is 16.6 Å². The number of fused-ring (bicyclic) bond motifs is 2. The third kappa shape index (κ3) is 1.86. The first-order valence-corrected chi connectivity index (χ1v) is 11.7. The van der Waals surface area contributed by atoms with Crippen LogP contribution in [0.2, 0.25) is 0 Å². The maximum absolute atomic E-state index is 6.54. The minimum Gasteiger partial charge on any atom is -0.453 e. The topological polar surface area (TPSA) is 17.6 Å². The Morgan fingerprint density at radius 1 is 0.441 bits per heavy atom. The molecule has 0 fully saturated rings. The van der Waals surface area contributed by atoms with Crippen molar-refractivity contribution in [3.63, 3.8) is 0 Å². The summed E-state index contributed by atoms with van der Waals surface area (Å²) in [6.45, 7) is 0. The molecule has 2 heteroatoms. The van der Waals surface area contributed by atoms with E-state index < -0.39 is 0 Å². The fourth-order valence-corrected chi connectivity index (χ4v) is 6.28. The van der Waals surface area contributed by atoms with E-state index in [1.165, 1.54) is 70.8 Å². The zero-order chi connectivity index (χ0) is 22.0. The van der Waals surface area contributed by atoms with Crippen molar-refractivity contribution in [3.05, 3.63) is 103 Å². The van der Waals surface area contributed by atoms with Crippen molar-refractivity contribution >= 4 is 70.8 Å². The minimum atomic E-state index is 0.926. The summed E-state index contributed by atoms with van der Waals surface area (Å²) in [5.41, 5.74) is 7.94. The molecule has 0 unspecified atom stereocenters. The molecule has 0 aliphatic rings. The standard InChI is InChI=1S/C32H17NO/c1-2-6-18(7-3-1)21-16-24-22-10-4-8-19-12-14-26-31(28(19)22)33-30(24)25(17-21)23-11-5-9-20-13-15-27(34-26)32(33)29(20)23/h1-17H. The summed E-state index contributed by atoms with van der Waals surface area (Å²) < 4.78 is 9.03. The second-order valence-corrected chi connectivity index (χ2v) is 9.36. The predicted octanol–water partition coefficient (Wildman–Crippen LogP) is 8.99. The van der Waals surface area contributed by atoms with Gasteiger partial charge in [0, 0.05) is 21.5 Å². The molecule has 34 heavy (non-hydrogen) atoms. The van der Waals surface area contributed by atoms with Crippen LogP contribution in [0.25, 0.3) is 81.9 Å². The highest BCUT2D eigenvalue weighted by molar-refractivity contribution is 6.32. The Morgan fingerprint density at radius 3 is 1.62 bits per heavy atom. The second kappa shape index (κ2) is 5.67. The number of benzene rings is 6. The van der Waals surface area contributed by atoms with E-state index in [0.717, 1.165) is 11.2 Å². The van der Waals surface area contributed by atoms with Crippen LogP contribution in [0.4, 0.5) is 0 Å². The zero-order valence-electron chi connectivity index (χ0n) is 18.2. The van der Waals surface area contributed by atoms with Crippen molar-refractivity contribution in [3.8, 4) is 11.1 Å². The van der Waals surface area contributed by atoms with Crippen LogP contribution in [0.1, 0.15) is 0 Å². The first kappa shape index (κ1) is 17.0. The molecule has 0 saturated carbocycles. The van der Waals surface area contributed by atoms with E-state index in [1.807, 2.05) is 0 Å². The van der Waals surface area contributed by atoms with Crippen molar-refractivity contribution in [2.45, 2.75) is 0 Å². The van der Waals surface area contributed by atoms with Crippen LogP contribution >= 0.6 is 0 Å². The molecule has 0 amide bonds. The smallest absolute Gasteiger partial charge is 0.152 e. The lowest BCUT2D eigenvalue weighted by molar-refractivity contribution is 0.656. The zero-order valence-corrected chi connectivity index (χ0v) is 18.2. The van der Waals surface area contributed by atoms with Crippen LogP contribution in [0.3, 0.4) is 0 Å². The average Bonchev–Trinajstić information content (AvgIpc) is 2.91. The van der Waals surface area contributed by atoms with E-state index in [1.54, 1.807) is 0 Å². The highest BCUT2D eigenvalue weighted by Gasteiger charge is 2.23. The molecular formula is C32H17NO. The van der Waals surface area contributed by atoms with Gasteiger partial charge in [0.2, 0.25) is 0 Å². The summed E-state index contributed by atoms with van der Waals surface area (Å²) in [4.78, 5) is 0. The number of hydrogen-bond acceptors (Lipinski definition) is 1. The maximum Gasteiger partial charge on any atom is 0.152 e. The molecule has 0 aliphatic carbocycles. The van der Waals surface area contributed by atoms with Crippen molar-refractivity contribution in [1.82, 2.24) is 4.40 Å². The van der Waals surface area contributed by atoms with Crippen molar-refractivity contribution < 1.29 is 4.42 Å². The lowest BCUT2D eigenvalue weighted by Gasteiger charge is -2.23. The van der Waals surface area contributed by atoms with Crippen LogP contribution in [-0.4, -0.2) is 4.40 Å². The quantitative estimate of drug-likeness (QED) is 0.187. The molecule has 0 radical (unpaired) electrons. The molecule has 0 aliphatic heterocycles. The lowest BCUT2D eigenvalue weighted by Crippen LogP contribution is -2.02. The third-order valence-corrected chi connectivity index (χ3v) is 7.65. The normalized spacial score (nSPS) is 12.7. The molecule has 156 valence electrons. The molecule has 0 atom stereocenters. The number of rotatable bonds is 1. The Labute approximate surface area is 193 Å². The molecule has 0 bridgehead atoms. The van der Waals surface area contributed by atoms with E-state index in [-0.39, 0.29) is 0 Å². The van der Waals surface area contributed by atoms with Gasteiger partial charge in [-0.2, -0.15) is 0 Å². The van der Waals surface area contributed by atoms with Crippen molar-refractivity contribution in [2.75, 3.05) is 0 Å². The summed E-state index contributed by atoms with van der Waals surface area (Å²) in [6, 6.07) is 37.4. The summed E-state index contributed by atoms with van der Waals surface area (Å²) >= 11 is 0. The summed E-state index contributed by atoms with van der Waals surface area (Å²) in [5.74, 6) is 0. The van der Waals surface area contributed by atoms with Gasteiger partial charge < -0.3 is 8.82 Å². The van der Waals surface area contributed by atoms with E-state index in [0.29, 0.717) is 0 Å². The Bertz CT molecular complexity index is 2080. The maximum atomic E-state index is 6.54. The molecule has 9 rings (SSSR count). The van der Waals surface area contributed by atoms with Crippen LogP contribution in [0.15, 0.2) is 108 Å². The number of aromatic nitrogens is 1. The van der Waals surface area contributed by atoms with Crippen LogP contribution < -0.4 is 0 Å². The fraction of sp³-hybridized carbons (Fsp3) is 0. The molecule has 9 aromatic rings. The van der Waals surface area contributed by atoms with Gasteiger partial charge in [-0.1, -0.05) is 78.9 Å². The van der Waals surface area contributed by atoms with Gasteiger partial charge >= 0.3 is 0 Å². The average molecular weight is 431 g/mol. The van der Waals surface area contributed by atoms with E-state index >= 15 is 0 Å². The molecule has 0 spiro atoms. The van der Waals surface area contributed by atoms with Crippen molar-refractivity contribution in [1.29, 1.82) is 0 Å². The van der Waals surface area contributed by atoms with Gasteiger partial charge in [0.1, 0.15) is 0 Å². The van der Waals surface area contributed by atoms with Gasteiger partial charge in [-0.15, -0.1) is 0 Å². The minimum absolute atomic E-state index is 0.926. The molecule has 3 aromatic heterocycles. The van der Waals surface area contributed by atoms with Crippen LogP contribution in [0, 0.1) is 0 Å².